The Bertz CT molecular complexity index is 740. The molecule has 1 aliphatic rings. The highest BCUT2D eigenvalue weighted by molar-refractivity contribution is 7.89. The molecule has 6 nitrogen and oxygen atoms in total. The lowest BCUT2D eigenvalue weighted by Gasteiger charge is -2.34. The van der Waals surface area contributed by atoms with Gasteiger partial charge in [-0.2, -0.15) is 4.31 Å². The van der Waals surface area contributed by atoms with Gasteiger partial charge >= 0.3 is 0 Å². The average Bonchev–Trinajstić information content (AvgIpc) is 2.56. The summed E-state index contributed by atoms with van der Waals surface area (Å²) in [5, 5.41) is 2.66. The van der Waals surface area contributed by atoms with Crippen LogP contribution in [0.4, 0.5) is 8.78 Å². The first-order chi connectivity index (χ1) is 11.8. The Kier molecular flexibility index (Phi) is 6.47. The number of amides is 1. The molecule has 1 aromatic rings. The van der Waals surface area contributed by atoms with Gasteiger partial charge in [0.1, 0.15) is 16.5 Å². The van der Waals surface area contributed by atoms with Crippen molar-refractivity contribution in [3.8, 4) is 0 Å². The Balaban J connectivity index is 2.26. The average molecular weight is 375 g/mol. The van der Waals surface area contributed by atoms with Gasteiger partial charge in [0, 0.05) is 38.2 Å². The molecule has 1 saturated heterocycles. The summed E-state index contributed by atoms with van der Waals surface area (Å²) in [6, 6.07) is 1.13. The number of carbonyl (C=O) groups excluding carboxylic acids is 1. The molecule has 25 heavy (non-hydrogen) atoms. The summed E-state index contributed by atoms with van der Waals surface area (Å²) in [5.41, 5.74) is 5.37. The largest absolute Gasteiger partial charge is 0.354 e. The highest BCUT2D eigenvalue weighted by Gasteiger charge is 2.35. The lowest BCUT2D eigenvalue weighted by Crippen LogP contribution is -2.49. The van der Waals surface area contributed by atoms with Gasteiger partial charge in [-0.1, -0.05) is 6.42 Å². The summed E-state index contributed by atoms with van der Waals surface area (Å²) < 4.78 is 54.5. The second kappa shape index (κ2) is 8.20. The number of benzene rings is 1. The molecule has 140 valence electrons. The number of aryl methyl sites for hydroxylation is 1. The van der Waals surface area contributed by atoms with Gasteiger partial charge in [0.2, 0.25) is 15.9 Å². The van der Waals surface area contributed by atoms with E-state index in [0.29, 0.717) is 18.9 Å². The van der Waals surface area contributed by atoms with Crippen molar-refractivity contribution in [1.29, 1.82) is 0 Å². The number of carbonyl (C=O) groups is 1. The van der Waals surface area contributed by atoms with Gasteiger partial charge in [-0.15, -0.1) is 0 Å². The predicted molar refractivity (Wildman–Crippen MR) is 89.3 cm³/mol. The number of piperidine rings is 1. The lowest BCUT2D eigenvalue weighted by molar-refractivity contribution is -0.121. The van der Waals surface area contributed by atoms with Gasteiger partial charge in [-0.05, 0) is 31.4 Å². The maximum Gasteiger partial charge on any atom is 0.246 e. The molecular formula is C16H23F2N3O3S. The molecule has 1 aliphatic heterocycles. The normalized spacial score (nSPS) is 19.0. The number of nitrogens with zero attached hydrogens (tertiary/aromatic N) is 1. The van der Waals surface area contributed by atoms with Crippen LogP contribution in [0.5, 0.6) is 0 Å². The fourth-order valence-electron chi connectivity index (χ4n) is 2.90. The van der Waals surface area contributed by atoms with Crippen molar-refractivity contribution >= 4 is 15.9 Å². The monoisotopic (exact) mass is 375 g/mol. The highest BCUT2D eigenvalue weighted by Crippen LogP contribution is 2.28. The number of nitrogens with two attached hydrogens (primary N) is 1. The molecule has 9 heteroatoms. The van der Waals surface area contributed by atoms with Crippen molar-refractivity contribution in [2.24, 2.45) is 5.73 Å². The maximum absolute atomic E-state index is 14.1. The molecule has 0 spiro atoms. The van der Waals surface area contributed by atoms with Crippen LogP contribution in [0.1, 0.15) is 31.2 Å². The SMILES string of the molecule is Cc1cc(S(=O)(=O)N2CCCCC2CNC(=O)CCN)c(F)cc1F. The first kappa shape index (κ1) is 19.7. The van der Waals surface area contributed by atoms with Crippen molar-refractivity contribution < 1.29 is 22.0 Å². The summed E-state index contributed by atoms with van der Waals surface area (Å²) in [6.07, 6.45) is 2.18. The third kappa shape index (κ3) is 4.53. The Labute approximate surface area is 146 Å². The van der Waals surface area contributed by atoms with Crippen molar-refractivity contribution in [1.82, 2.24) is 9.62 Å². The van der Waals surface area contributed by atoms with E-state index in [4.69, 9.17) is 5.73 Å². The third-order valence-electron chi connectivity index (χ3n) is 4.28. The van der Waals surface area contributed by atoms with E-state index in [9.17, 15) is 22.0 Å². The second-order valence-corrected chi connectivity index (χ2v) is 8.00. The molecule has 1 fully saturated rings. The van der Waals surface area contributed by atoms with Crippen LogP contribution in [0.2, 0.25) is 0 Å². The van der Waals surface area contributed by atoms with Crippen LogP contribution in [-0.2, 0) is 14.8 Å². The predicted octanol–water partition coefficient (Wildman–Crippen LogP) is 1.28. The molecular weight excluding hydrogens is 352 g/mol. The molecule has 1 amide bonds. The minimum atomic E-state index is -4.13. The zero-order valence-corrected chi connectivity index (χ0v) is 14.9. The van der Waals surface area contributed by atoms with Crippen molar-refractivity contribution in [2.45, 2.75) is 43.5 Å². The third-order valence-corrected chi connectivity index (χ3v) is 6.25. The summed E-state index contributed by atoms with van der Waals surface area (Å²) in [7, 11) is -4.13. The highest BCUT2D eigenvalue weighted by atomic mass is 32.2. The molecule has 0 radical (unpaired) electrons. The second-order valence-electron chi connectivity index (χ2n) is 6.14. The number of sulfonamides is 1. The fourth-order valence-corrected chi connectivity index (χ4v) is 4.73. The molecule has 0 aromatic heterocycles. The number of nitrogens with one attached hydrogen (secondary N) is 1. The van der Waals surface area contributed by atoms with Crippen LogP contribution >= 0.6 is 0 Å². The molecule has 0 bridgehead atoms. The quantitative estimate of drug-likeness (QED) is 0.783. The van der Waals surface area contributed by atoms with E-state index in [2.05, 4.69) is 5.32 Å². The summed E-state index contributed by atoms with van der Waals surface area (Å²) in [5.74, 6) is -2.16. The Morgan fingerprint density at radius 2 is 2.04 bits per heavy atom. The van der Waals surface area contributed by atoms with Crippen LogP contribution < -0.4 is 11.1 Å². The summed E-state index contributed by atoms with van der Waals surface area (Å²) in [4.78, 5) is 11.1. The minimum absolute atomic E-state index is 0.0600. The van der Waals surface area contributed by atoms with Crippen LogP contribution in [0.25, 0.3) is 0 Å². The summed E-state index contributed by atoms with van der Waals surface area (Å²) >= 11 is 0. The van der Waals surface area contributed by atoms with Crippen molar-refractivity contribution in [2.75, 3.05) is 19.6 Å². The zero-order chi connectivity index (χ0) is 18.6. The van der Waals surface area contributed by atoms with Crippen LogP contribution in [0, 0.1) is 18.6 Å². The van der Waals surface area contributed by atoms with Crippen molar-refractivity contribution in [3.05, 3.63) is 29.3 Å². The van der Waals surface area contributed by atoms with Gasteiger partial charge < -0.3 is 11.1 Å². The Hall–Kier alpha value is -1.58. The molecule has 1 heterocycles. The molecule has 1 atom stereocenters. The number of halogens is 2. The molecule has 0 aliphatic carbocycles. The first-order valence-electron chi connectivity index (χ1n) is 8.21. The van der Waals surface area contributed by atoms with E-state index < -0.39 is 32.6 Å². The van der Waals surface area contributed by atoms with Crippen LogP contribution in [0.15, 0.2) is 17.0 Å². The lowest BCUT2D eigenvalue weighted by atomic mass is 10.1. The Morgan fingerprint density at radius 1 is 1.32 bits per heavy atom. The smallest absolute Gasteiger partial charge is 0.246 e. The minimum Gasteiger partial charge on any atom is -0.354 e. The van der Waals surface area contributed by atoms with Crippen molar-refractivity contribution in [3.63, 3.8) is 0 Å². The maximum atomic E-state index is 14.1. The Morgan fingerprint density at radius 3 is 2.72 bits per heavy atom. The van der Waals surface area contributed by atoms with Crippen LogP contribution in [-0.4, -0.2) is 44.3 Å². The van der Waals surface area contributed by atoms with Gasteiger partial charge in [0.05, 0.1) is 0 Å². The first-order valence-corrected chi connectivity index (χ1v) is 9.65. The van der Waals surface area contributed by atoms with Gasteiger partial charge in [-0.3, -0.25) is 4.79 Å². The van der Waals surface area contributed by atoms with Gasteiger partial charge in [-0.25, -0.2) is 17.2 Å². The fraction of sp³-hybridized carbons (Fsp3) is 0.562. The van der Waals surface area contributed by atoms with E-state index in [-0.39, 0.29) is 37.5 Å². The van der Waals surface area contributed by atoms with Gasteiger partial charge in [0.25, 0.3) is 0 Å². The van der Waals surface area contributed by atoms with E-state index >= 15 is 0 Å². The van der Waals surface area contributed by atoms with E-state index in [1.807, 2.05) is 0 Å². The zero-order valence-electron chi connectivity index (χ0n) is 14.1. The molecule has 2 rings (SSSR count). The number of hydrogen-bond acceptors (Lipinski definition) is 4. The van der Waals surface area contributed by atoms with E-state index in [1.54, 1.807) is 0 Å². The molecule has 0 saturated carbocycles. The van der Waals surface area contributed by atoms with Crippen LogP contribution in [0.3, 0.4) is 0 Å². The summed E-state index contributed by atoms with van der Waals surface area (Å²) in [6.45, 7) is 1.96. The molecule has 1 aromatic carbocycles. The van der Waals surface area contributed by atoms with E-state index in [1.165, 1.54) is 11.2 Å². The number of hydrogen-bond donors (Lipinski definition) is 2. The number of rotatable bonds is 6. The topological polar surface area (TPSA) is 92.5 Å². The molecule has 3 N–H and O–H groups in total. The van der Waals surface area contributed by atoms with E-state index in [0.717, 1.165) is 12.5 Å². The molecule has 1 unspecified atom stereocenters. The van der Waals surface area contributed by atoms with Gasteiger partial charge in [0.15, 0.2) is 0 Å². The standard InChI is InChI=1S/C16H23F2N3O3S/c1-11-8-15(14(18)9-13(11)17)25(23,24)21-7-3-2-4-12(21)10-20-16(22)5-6-19/h8-9,12H,2-7,10,19H2,1H3,(H,20,22).